The Labute approximate surface area is 163 Å². The van der Waals surface area contributed by atoms with E-state index in [1.165, 1.54) is 19.4 Å². The van der Waals surface area contributed by atoms with E-state index in [4.69, 9.17) is 24.1 Å². The van der Waals surface area contributed by atoms with Crippen LogP contribution in [0.2, 0.25) is 0 Å². The molecule has 2 rings (SSSR count). The molecule has 0 aromatic rings. The largest absolute Gasteiger partial charge is 0.392 e. The van der Waals surface area contributed by atoms with Crippen LogP contribution in [0.15, 0.2) is 24.3 Å². The number of carbonyl (C=O) groups is 1. The van der Waals surface area contributed by atoms with Gasteiger partial charge in [0.1, 0.15) is 0 Å². The van der Waals surface area contributed by atoms with Crippen molar-refractivity contribution in [2.75, 3.05) is 19.8 Å². The number of hydrogen-bond donors (Lipinski definition) is 1. The smallest absolute Gasteiger partial charge is 0.158 e. The second-order valence-corrected chi connectivity index (χ2v) is 6.86. The van der Waals surface area contributed by atoms with Gasteiger partial charge in [-0.15, -0.1) is 0 Å². The molecular weight excluding hydrogens is 348 g/mol. The zero-order chi connectivity index (χ0) is 19.9. The van der Waals surface area contributed by atoms with E-state index in [1.807, 2.05) is 19.9 Å². The van der Waals surface area contributed by atoms with Crippen LogP contribution in [0.4, 0.5) is 0 Å². The summed E-state index contributed by atoms with van der Waals surface area (Å²) in [6.45, 7) is 7.05. The van der Waals surface area contributed by atoms with Crippen LogP contribution in [0.1, 0.15) is 59.3 Å². The van der Waals surface area contributed by atoms with Crippen molar-refractivity contribution < 1.29 is 28.8 Å². The van der Waals surface area contributed by atoms with E-state index in [0.717, 1.165) is 45.3 Å². The van der Waals surface area contributed by atoms with Crippen LogP contribution in [0.25, 0.3) is 0 Å². The summed E-state index contributed by atoms with van der Waals surface area (Å²) in [5.74, 6) is 0.0463. The molecule has 0 spiro atoms. The number of ketones is 1. The van der Waals surface area contributed by atoms with Gasteiger partial charge in [0, 0.05) is 13.2 Å². The molecule has 6 nitrogen and oxygen atoms in total. The first-order valence-electron chi connectivity index (χ1n) is 10.0. The second-order valence-electron chi connectivity index (χ2n) is 6.86. The average molecular weight is 385 g/mol. The highest BCUT2D eigenvalue weighted by Gasteiger charge is 2.16. The lowest BCUT2D eigenvalue weighted by atomic mass is 10.2. The normalized spacial score (nSPS) is 25.8. The third-order valence-electron chi connectivity index (χ3n) is 4.12. The fourth-order valence-electron chi connectivity index (χ4n) is 2.73. The van der Waals surface area contributed by atoms with Crippen molar-refractivity contribution in [3.05, 3.63) is 24.3 Å². The van der Waals surface area contributed by atoms with Gasteiger partial charge in [-0.25, -0.2) is 0 Å². The van der Waals surface area contributed by atoms with Gasteiger partial charge in [0.25, 0.3) is 0 Å². The lowest BCUT2D eigenvalue weighted by Crippen LogP contribution is -2.25. The molecule has 156 valence electrons. The third-order valence-corrected chi connectivity index (χ3v) is 4.12. The Bertz CT molecular complexity index is 436. The Hall–Kier alpha value is -1.05. The summed E-state index contributed by atoms with van der Waals surface area (Å²) in [4.78, 5) is 10.7. The predicted octanol–water partition coefficient (Wildman–Crippen LogP) is 3.53. The molecule has 0 radical (unpaired) electrons. The lowest BCUT2D eigenvalue weighted by Gasteiger charge is -2.24. The molecule has 0 amide bonds. The fourth-order valence-corrected chi connectivity index (χ4v) is 2.73. The summed E-state index contributed by atoms with van der Waals surface area (Å²) in [5.41, 5.74) is 0. The molecule has 0 aliphatic carbocycles. The van der Waals surface area contributed by atoms with E-state index in [-0.39, 0.29) is 37.2 Å². The van der Waals surface area contributed by atoms with Gasteiger partial charge in [0.05, 0.1) is 18.8 Å². The number of carbonyl (C=O) groups excluding carboxylic acids is 1. The van der Waals surface area contributed by atoms with Gasteiger partial charge in [-0.05, 0) is 65.4 Å². The van der Waals surface area contributed by atoms with Gasteiger partial charge in [-0.3, -0.25) is 4.79 Å². The summed E-state index contributed by atoms with van der Waals surface area (Å²) in [5, 5.41) is 8.55. The average Bonchev–Trinajstić information content (AvgIpc) is 2.67. The molecule has 0 saturated carbocycles. The second kappa shape index (κ2) is 14.9. The Balaban J connectivity index is 0.000000271. The first-order valence-corrected chi connectivity index (χ1v) is 10.0. The van der Waals surface area contributed by atoms with Crippen LogP contribution in [0.3, 0.4) is 0 Å². The van der Waals surface area contributed by atoms with Crippen molar-refractivity contribution in [3.8, 4) is 0 Å². The minimum atomic E-state index is -0.0876. The maximum Gasteiger partial charge on any atom is 0.158 e. The minimum Gasteiger partial charge on any atom is -0.392 e. The molecule has 0 aromatic heterocycles. The van der Waals surface area contributed by atoms with Gasteiger partial charge < -0.3 is 24.1 Å². The molecule has 27 heavy (non-hydrogen) atoms. The lowest BCUT2D eigenvalue weighted by molar-refractivity contribution is -0.175. The molecule has 2 fully saturated rings. The van der Waals surface area contributed by atoms with Gasteiger partial charge >= 0.3 is 0 Å². The monoisotopic (exact) mass is 384 g/mol. The molecular formula is C21H36O6. The van der Waals surface area contributed by atoms with Crippen molar-refractivity contribution in [1.82, 2.24) is 0 Å². The van der Waals surface area contributed by atoms with Crippen molar-refractivity contribution in [1.29, 1.82) is 0 Å². The summed E-state index contributed by atoms with van der Waals surface area (Å²) < 4.78 is 22.0. The topological polar surface area (TPSA) is 74.2 Å². The first kappa shape index (κ1) is 24.0. The molecule has 4 atom stereocenters. The highest BCUT2D eigenvalue weighted by molar-refractivity contribution is 5.87. The van der Waals surface area contributed by atoms with E-state index in [9.17, 15) is 4.79 Å². The number of allylic oxidation sites excluding steroid dienone is 1. The van der Waals surface area contributed by atoms with E-state index in [1.54, 1.807) is 12.2 Å². The fraction of sp³-hybridized carbons (Fsp3) is 0.762. The summed E-state index contributed by atoms with van der Waals surface area (Å²) >= 11 is 0. The Morgan fingerprint density at radius 1 is 1.00 bits per heavy atom. The number of rotatable bonds is 8. The minimum absolute atomic E-state index is 0.0234. The van der Waals surface area contributed by atoms with Gasteiger partial charge in [0.2, 0.25) is 0 Å². The summed E-state index contributed by atoms with van der Waals surface area (Å²) in [7, 11) is 0. The van der Waals surface area contributed by atoms with Crippen LogP contribution in [-0.4, -0.2) is 55.5 Å². The van der Waals surface area contributed by atoms with Gasteiger partial charge in [0.15, 0.2) is 18.4 Å². The van der Waals surface area contributed by atoms with Crippen molar-refractivity contribution in [2.24, 2.45) is 0 Å². The van der Waals surface area contributed by atoms with Crippen LogP contribution >= 0.6 is 0 Å². The summed E-state index contributed by atoms with van der Waals surface area (Å²) in [6.07, 6.45) is 13.2. The highest BCUT2D eigenvalue weighted by Crippen LogP contribution is 2.16. The van der Waals surface area contributed by atoms with Crippen molar-refractivity contribution in [2.45, 2.75) is 84.1 Å². The van der Waals surface area contributed by atoms with E-state index in [0.29, 0.717) is 0 Å². The predicted molar refractivity (Wildman–Crippen MR) is 104 cm³/mol. The van der Waals surface area contributed by atoms with E-state index >= 15 is 0 Å². The van der Waals surface area contributed by atoms with E-state index in [2.05, 4.69) is 0 Å². The van der Waals surface area contributed by atoms with Crippen molar-refractivity contribution in [3.63, 3.8) is 0 Å². The molecule has 6 heteroatoms. The summed E-state index contributed by atoms with van der Waals surface area (Å²) in [6, 6.07) is 0. The number of aliphatic hydroxyl groups is 1. The standard InChI is InChI=1S/C11H18O3.C10H18O3/c1-9(12)6-7-10(2)14-11-5-3-4-8-13-11;1-9(5-4-7-11)13-10-6-2-3-8-12-10/h6-7,10-11H,3-5,8H2,1-2H3;4-5,9-11H,2-3,6-8H2,1H3/b7-6-;5-4-/t10-,11?;9-,10?/m00/s1. The molecule has 2 aliphatic heterocycles. The van der Waals surface area contributed by atoms with Gasteiger partial charge in [-0.2, -0.15) is 0 Å². The van der Waals surface area contributed by atoms with E-state index < -0.39 is 0 Å². The Kier molecular flexibility index (Phi) is 13.3. The zero-order valence-electron chi connectivity index (χ0n) is 17.0. The van der Waals surface area contributed by atoms with Crippen LogP contribution in [-0.2, 0) is 23.7 Å². The first-order chi connectivity index (χ1) is 13.0. The maximum atomic E-state index is 10.7. The molecule has 2 aliphatic rings. The molecule has 0 bridgehead atoms. The van der Waals surface area contributed by atoms with Crippen LogP contribution < -0.4 is 0 Å². The number of aliphatic hydroxyl groups excluding tert-OH is 1. The Morgan fingerprint density at radius 2 is 1.52 bits per heavy atom. The molecule has 0 aromatic carbocycles. The third kappa shape index (κ3) is 12.9. The SMILES string of the molecule is CC(=O)/C=C\[C@H](C)OC1CCCCO1.C[C@@H](/C=C\CO)OC1CCCCO1. The zero-order valence-corrected chi connectivity index (χ0v) is 17.0. The van der Waals surface area contributed by atoms with Crippen molar-refractivity contribution >= 4 is 5.78 Å². The molecule has 1 N–H and O–H groups in total. The molecule has 2 saturated heterocycles. The van der Waals surface area contributed by atoms with Gasteiger partial charge in [-0.1, -0.05) is 18.2 Å². The van der Waals surface area contributed by atoms with Crippen LogP contribution in [0.5, 0.6) is 0 Å². The number of hydrogen-bond acceptors (Lipinski definition) is 6. The maximum absolute atomic E-state index is 10.7. The highest BCUT2D eigenvalue weighted by atomic mass is 16.7. The van der Waals surface area contributed by atoms with Crippen LogP contribution in [0, 0.1) is 0 Å². The molecule has 2 unspecified atom stereocenters. The quantitative estimate of drug-likeness (QED) is 0.510. The Morgan fingerprint density at radius 3 is 1.93 bits per heavy atom. The molecule has 2 heterocycles. The number of ether oxygens (including phenoxy) is 4.